The van der Waals surface area contributed by atoms with Gasteiger partial charge in [-0.05, 0) is 37.0 Å². The van der Waals surface area contributed by atoms with Crippen molar-refractivity contribution in [2.75, 3.05) is 13.1 Å². The van der Waals surface area contributed by atoms with Crippen molar-refractivity contribution in [3.05, 3.63) is 69.1 Å². The Bertz CT molecular complexity index is 1000. The van der Waals surface area contributed by atoms with Gasteiger partial charge in [0, 0.05) is 18.0 Å². The van der Waals surface area contributed by atoms with Crippen LogP contribution in [-0.4, -0.2) is 27.5 Å². The van der Waals surface area contributed by atoms with Gasteiger partial charge in [0.2, 0.25) is 0 Å². The Hall–Kier alpha value is -2.24. The zero-order valence-electron chi connectivity index (χ0n) is 14.5. The number of hydrogen-bond acceptors (Lipinski definition) is 4. The summed E-state index contributed by atoms with van der Waals surface area (Å²) in [6, 6.07) is 10.5. The summed E-state index contributed by atoms with van der Waals surface area (Å²) in [5, 5.41) is 0.780. The van der Waals surface area contributed by atoms with Crippen LogP contribution < -0.4 is 5.56 Å². The Labute approximate surface area is 151 Å². The molecule has 3 aromatic rings. The maximum atomic E-state index is 12.8. The van der Waals surface area contributed by atoms with Crippen molar-refractivity contribution >= 4 is 27.1 Å². The molecule has 0 N–H and O–H groups in total. The lowest BCUT2D eigenvalue weighted by Gasteiger charge is -2.26. The first-order chi connectivity index (χ1) is 12.1. The molecule has 0 atom stereocenters. The summed E-state index contributed by atoms with van der Waals surface area (Å²) >= 11 is 1.60. The lowest BCUT2D eigenvalue weighted by atomic mass is 10.00. The Kier molecular flexibility index (Phi) is 4.27. The van der Waals surface area contributed by atoms with Crippen LogP contribution in [0.2, 0.25) is 0 Å². The molecule has 0 radical (unpaired) electrons. The smallest absolute Gasteiger partial charge is 0.263 e. The van der Waals surface area contributed by atoms with E-state index in [-0.39, 0.29) is 5.56 Å². The quantitative estimate of drug-likeness (QED) is 0.720. The van der Waals surface area contributed by atoms with E-state index in [1.807, 2.05) is 19.9 Å². The third-order valence-corrected chi connectivity index (χ3v) is 6.06. The van der Waals surface area contributed by atoms with Crippen molar-refractivity contribution in [2.24, 2.45) is 0 Å². The first-order valence-corrected chi connectivity index (χ1v) is 9.37. The Morgan fingerprint density at radius 2 is 2.00 bits per heavy atom. The van der Waals surface area contributed by atoms with E-state index in [4.69, 9.17) is 0 Å². The highest BCUT2D eigenvalue weighted by Crippen LogP contribution is 2.26. The zero-order chi connectivity index (χ0) is 17.4. The lowest BCUT2D eigenvalue weighted by molar-refractivity contribution is 0.236. The number of benzene rings is 1. The van der Waals surface area contributed by atoms with Crippen LogP contribution in [0.1, 0.15) is 22.4 Å². The molecule has 0 unspecified atom stereocenters. The van der Waals surface area contributed by atoms with Crippen molar-refractivity contribution < 1.29 is 0 Å². The van der Waals surface area contributed by atoms with Crippen LogP contribution in [0, 0.1) is 13.8 Å². The number of aryl methyl sites for hydroxylation is 2. The molecular formula is C20H21N3OS. The van der Waals surface area contributed by atoms with Crippen molar-refractivity contribution in [2.45, 2.75) is 26.9 Å². The van der Waals surface area contributed by atoms with Gasteiger partial charge in [0.25, 0.3) is 5.56 Å². The molecule has 0 saturated carbocycles. The van der Waals surface area contributed by atoms with Gasteiger partial charge in [0.05, 0.1) is 12.1 Å². The minimum absolute atomic E-state index is 0.0738. The predicted molar refractivity (Wildman–Crippen MR) is 104 cm³/mol. The van der Waals surface area contributed by atoms with Gasteiger partial charge < -0.3 is 0 Å². The summed E-state index contributed by atoms with van der Waals surface area (Å²) in [4.78, 5) is 21.6. The Morgan fingerprint density at radius 1 is 1.20 bits per heavy atom. The van der Waals surface area contributed by atoms with Crippen molar-refractivity contribution in [3.63, 3.8) is 0 Å². The third-order valence-electron chi connectivity index (χ3n) is 4.95. The number of aromatic nitrogens is 2. The molecule has 3 heterocycles. The largest absolute Gasteiger partial charge is 0.285 e. The van der Waals surface area contributed by atoms with E-state index in [2.05, 4.69) is 40.2 Å². The summed E-state index contributed by atoms with van der Waals surface area (Å²) in [7, 11) is 0. The highest BCUT2D eigenvalue weighted by Gasteiger charge is 2.16. The standard InChI is InChI=1S/C20H21N3OS/c1-14-15(2)25-19-18(14)20(24)23(12-21-19)13-22-10-8-17(9-11-22)16-6-4-3-5-7-16/h3-8,12H,9-11,13H2,1-2H3. The molecule has 128 valence electrons. The van der Waals surface area contributed by atoms with Gasteiger partial charge in [0.1, 0.15) is 11.2 Å². The molecule has 0 spiro atoms. The second-order valence-electron chi connectivity index (χ2n) is 6.55. The summed E-state index contributed by atoms with van der Waals surface area (Å²) in [6.45, 7) is 6.46. The van der Waals surface area contributed by atoms with E-state index in [1.54, 1.807) is 22.2 Å². The number of fused-ring (bicyclic) bond motifs is 1. The highest BCUT2D eigenvalue weighted by molar-refractivity contribution is 7.18. The molecule has 5 heteroatoms. The van der Waals surface area contributed by atoms with E-state index in [0.717, 1.165) is 35.3 Å². The second kappa shape index (κ2) is 6.58. The van der Waals surface area contributed by atoms with Crippen LogP contribution in [0.5, 0.6) is 0 Å². The third kappa shape index (κ3) is 3.05. The fourth-order valence-corrected chi connectivity index (χ4v) is 4.33. The topological polar surface area (TPSA) is 38.1 Å². The molecule has 2 aromatic heterocycles. The SMILES string of the molecule is Cc1sc2ncn(CN3CC=C(c4ccccc4)CC3)c(=O)c2c1C. The van der Waals surface area contributed by atoms with E-state index in [0.29, 0.717) is 6.67 Å². The van der Waals surface area contributed by atoms with E-state index >= 15 is 0 Å². The molecule has 0 fully saturated rings. The number of rotatable bonds is 3. The van der Waals surface area contributed by atoms with Gasteiger partial charge >= 0.3 is 0 Å². The summed E-state index contributed by atoms with van der Waals surface area (Å²) in [5.74, 6) is 0. The average Bonchev–Trinajstić information content (AvgIpc) is 2.94. The minimum Gasteiger partial charge on any atom is -0.285 e. The van der Waals surface area contributed by atoms with Crippen molar-refractivity contribution in [3.8, 4) is 0 Å². The van der Waals surface area contributed by atoms with Crippen molar-refractivity contribution in [1.29, 1.82) is 0 Å². The monoisotopic (exact) mass is 351 g/mol. The van der Waals surface area contributed by atoms with Gasteiger partial charge in [-0.2, -0.15) is 0 Å². The Morgan fingerprint density at radius 3 is 2.72 bits per heavy atom. The first-order valence-electron chi connectivity index (χ1n) is 8.55. The molecule has 25 heavy (non-hydrogen) atoms. The average molecular weight is 351 g/mol. The maximum Gasteiger partial charge on any atom is 0.263 e. The molecule has 0 bridgehead atoms. The molecule has 1 aromatic carbocycles. The minimum atomic E-state index is 0.0738. The van der Waals surface area contributed by atoms with E-state index in [1.165, 1.54) is 16.0 Å². The summed E-state index contributed by atoms with van der Waals surface area (Å²) in [6.07, 6.45) is 4.97. The first kappa shape index (κ1) is 16.2. The highest BCUT2D eigenvalue weighted by atomic mass is 32.1. The van der Waals surface area contributed by atoms with Crippen molar-refractivity contribution in [1.82, 2.24) is 14.5 Å². The number of thiophene rings is 1. The molecule has 0 amide bonds. The van der Waals surface area contributed by atoms with Crippen LogP contribution in [0.4, 0.5) is 0 Å². The number of hydrogen-bond donors (Lipinski definition) is 0. The number of nitrogens with zero attached hydrogens (tertiary/aromatic N) is 3. The molecule has 1 aliphatic rings. The zero-order valence-corrected chi connectivity index (χ0v) is 15.3. The molecule has 1 aliphatic heterocycles. The molecule has 4 nitrogen and oxygen atoms in total. The Balaban J connectivity index is 1.55. The molecular weight excluding hydrogens is 330 g/mol. The van der Waals surface area contributed by atoms with Gasteiger partial charge in [0.15, 0.2) is 0 Å². The predicted octanol–water partition coefficient (Wildman–Crippen LogP) is 3.82. The van der Waals surface area contributed by atoms with Crippen LogP contribution in [0.25, 0.3) is 15.8 Å². The van der Waals surface area contributed by atoms with Crippen LogP contribution >= 0.6 is 11.3 Å². The fraction of sp³-hybridized carbons (Fsp3) is 0.300. The van der Waals surface area contributed by atoms with Gasteiger partial charge in [-0.25, -0.2) is 4.98 Å². The van der Waals surface area contributed by atoms with Gasteiger partial charge in [-0.15, -0.1) is 11.3 Å². The second-order valence-corrected chi connectivity index (χ2v) is 7.75. The van der Waals surface area contributed by atoms with Gasteiger partial charge in [-0.1, -0.05) is 36.4 Å². The molecule has 0 saturated heterocycles. The van der Waals surface area contributed by atoms with E-state index in [9.17, 15) is 4.79 Å². The van der Waals surface area contributed by atoms with Crippen LogP contribution in [0.3, 0.4) is 0 Å². The molecule has 0 aliphatic carbocycles. The maximum absolute atomic E-state index is 12.8. The van der Waals surface area contributed by atoms with Crippen LogP contribution in [-0.2, 0) is 6.67 Å². The van der Waals surface area contributed by atoms with E-state index < -0.39 is 0 Å². The normalized spacial score (nSPS) is 15.5. The fourth-order valence-electron chi connectivity index (χ4n) is 3.34. The lowest BCUT2D eigenvalue weighted by Crippen LogP contribution is -2.35. The van der Waals surface area contributed by atoms with Gasteiger partial charge in [-0.3, -0.25) is 14.3 Å². The van der Waals surface area contributed by atoms with Crippen LogP contribution in [0.15, 0.2) is 47.5 Å². The summed E-state index contributed by atoms with van der Waals surface area (Å²) < 4.78 is 1.74. The molecule has 4 rings (SSSR count). The summed E-state index contributed by atoms with van der Waals surface area (Å²) in [5.41, 5.74) is 3.83.